The van der Waals surface area contributed by atoms with Gasteiger partial charge in [-0.15, -0.1) is 6.58 Å². The fraction of sp³-hybridized carbons (Fsp3) is 0.286. The third-order valence-corrected chi connectivity index (χ3v) is 4.87. The first kappa shape index (κ1) is 18.5. The number of amides is 1. The van der Waals surface area contributed by atoms with Crippen LogP contribution in [-0.4, -0.2) is 16.8 Å². The molecule has 1 amide bonds. The van der Waals surface area contributed by atoms with E-state index in [4.69, 9.17) is 0 Å². The van der Waals surface area contributed by atoms with E-state index in [1.54, 1.807) is 0 Å². The summed E-state index contributed by atoms with van der Waals surface area (Å²) < 4.78 is 1.03. The molecule has 2 atom stereocenters. The van der Waals surface area contributed by atoms with E-state index in [1.807, 2.05) is 53.4 Å². The molecule has 0 heterocycles. The molecular formula is C21H24BrNO. The smallest absolute Gasteiger partial charge is 0.254 e. The van der Waals surface area contributed by atoms with E-state index in [1.165, 1.54) is 0 Å². The maximum absolute atomic E-state index is 13.1. The highest BCUT2D eigenvalue weighted by molar-refractivity contribution is 9.10. The maximum atomic E-state index is 13.1. The molecular weight excluding hydrogens is 362 g/mol. The number of hydrogen-bond donors (Lipinski definition) is 0. The van der Waals surface area contributed by atoms with E-state index in [-0.39, 0.29) is 11.9 Å². The van der Waals surface area contributed by atoms with Gasteiger partial charge in [-0.2, -0.15) is 0 Å². The second-order valence-corrected chi connectivity index (χ2v) is 7.09. The summed E-state index contributed by atoms with van der Waals surface area (Å²) in [4.78, 5) is 15.0. The van der Waals surface area contributed by atoms with Gasteiger partial charge in [-0.05, 0) is 49.1 Å². The van der Waals surface area contributed by atoms with E-state index >= 15 is 0 Å². The molecule has 0 spiro atoms. The number of carbonyl (C=O) groups is 1. The first-order valence-electron chi connectivity index (χ1n) is 8.24. The van der Waals surface area contributed by atoms with Crippen LogP contribution in [0.4, 0.5) is 0 Å². The molecule has 0 aliphatic rings. The summed E-state index contributed by atoms with van der Waals surface area (Å²) in [5, 5.41) is 0. The quantitative estimate of drug-likeness (QED) is 0.560. The number of carbonyl (C=O) groups excluding carboxylic acids is 1. The molecule has 126 valence electrons. The molecule has 24 heavy (non-hydrogen) atoms. The van der Waals surface area contributed by atoms with Crippen molar-refractivity contribution < 1.29 is 4.79 Å². The Labute approximate surface area is 153 Å². The Morgan fingerprint density at radius 3 is 2.50 bits per heavy atom. The predicted octanol–water partition coefficient (Wildman–Crippen LogP) is 5.69. The number of rotatable bonds is 7. The number of halogens is 1. The molecule has 0 aromatic heterocycles. The van der Waals surface area contributed by atoms with Gasteiger partial charge in [-0.1, -0.05) is 59.3 Å². The Morgan fingerprint density at radius 2 is 1.88 bits per heavy atom. The topological polar surface area (TPSA) is 20.3 Å². The molecule has 0 aliphatic heterocycles. The minimum atomic E-state index is 0.0685. The summed E-state index contributed by atoms with van der Waals surface area (Å²) in [6.07, 6.45) is 2.81. The molecule has 0 fully saturated rings. The molecule has 0 aliphatic carbocycles. The van der Waals surface area contributed by atoms with Crippen molar-refractivity contribution in [3.05, 3.63) is 82.9 Å². The van der Waals surface area contributed by atoms with Gasteiger partial charge in [-0.25, -0.2) is 0 Å². The van der Waals surface area contributed by atoms with Crippen molar-refractivity contribution in [3.63, 3.8) is 0 Å². The summed E-state index contributed by atoms with van der Waals surface area (Å²) in [6.45, 7) is 8.71. The van der Waals surface area contributed by atoms with E-state index in [0.29, 0.717) is 12.5 Å². The van der Waals surface area contributed by atoms with Crippen LogP contribution in [0.2, 0.25) is 0 Å². The van der Waals surface area contributed by atoms with Crippen molar-refractivity contribution in [2.24, 2.45) is 5.92 Å². The molecule has 2 aromatic carbocycles. The van der Waals surface area contributed by atoms with Crippen LogP contribution in [-0.2, 0) is 6.54 Å². The zero-order valence-corrected chi connectivity index (χ0v) is 15.9. The zero-order valence-electron chi connectivity index (χ0n) is 14.3. The molecule has 0 saturated carbocycles. The van der Waals surface area contributed by atoms with E-state index in [2.05, 4.69) is 48.5 Å². The second kappa shape index (κ2) is 8.84. The Bertz CT molecular complexity index is 683. The average molecular weight is 386 g/mol. The number of hydrogen-bond acceptors (Lipinski definition) is 1. The minimum absolute atomic E-state index is 0.0685. The van der Waals surface area contributed by atoms with Crippen molar-refractivity contribution >= 4 is 21.8 Å². The van der Waals surface area contributed by atoms with Crippen LogP contribution in [0.5, 0.6) is 0 Å². The summed E-state index contributed by atoms with van der Waals surface area (Å²) in [6, 6.07) is 17.7. The van der Waals surface area contributed by atoms with Crippen molar-refractivity contribution in [2.75, 3.05) is 0 Å². The molecule has 0 saturated heterocycles. The molecule has 0 radical (unpaired) electrons. The third-order valence-electron chi connectivity index (χ3n) is 4.38. The average Bonchev–Trinajstić information content (AvgIpc) is 2.59. The fourth-order valence-corrected chi connectivity index (χ4v) is 3.19. The van der Waals surface area contributed by atoms with Gasteiger partial charge >= 0.3 is 0 Å². The predicted molar refractivity (Wildman–Crippen MR) is 104 cm³/mol. The monoisotopic (exact) mass is 385 g/mol. The van der Waals surface area contributed by atoms with Gasteiger partial charge in [0.25, 0.3) is 5.91 Å². The normalized spacial score (nSPS) is 13.1. The summed E-state index contributed by atoms with van der Waals surface area (Å²) in [7, 11) is 0. The van der Waals surface area contributed by atoms with E-state index in [9.17, 15) is 4.79 Å². The zero-order chi connectivity index (χ0) is 17.5. The molecule has 3 heteroatoms. The van der Waals surface area contributed by atoms with Crippen LogP contribution in [0.15, 0.2) is 71.7 Å². The molecule has 2 nitrogen and oxygen atoms in total. The van der Waals surface area contributed by atoms with Gasteiger partial charge in [0.2, 0.25) is 0 Å². The highest BCUT2D eigenvalue weighted by Gasteiger charge is 2.25. The fourth-order valence-electron chi connectivity index (χ4n) is 2.75. The van der Waals surface area contributed by atoms with Crippen LogP contribution >= 0.6 is 15.9 Å². The summed E-state index contributed by atoms with van der Waals surface area (Å²) in [5.41, 5.74) is 1.84. The minimum Gasteiger partial charge on any atom is -0.331 e. The maximum Gasteiger partial charge on any atom is 0.254 e. The molecule has 2 unspecified atom stereocenters. The Kier molecular flexibility index (Phi) is 6.80. The first-order valence-corrected chi connectivity index (χ1v) is 9.03. The summed E-state index contributed by atoms with van der Waals surface area (Å²) in [5.74, 6) is 0.418. The number of nitrogens with zero attached hydrogens (tertiary/aromatic N) is 1. The van der Waals surface area contributed by atoms with E-state index in [0.717, 1.165) is 22.0 Å². The van der Waals surface area contributed by atoms with Crippen LogP contribution in [0.3, 0.4) is 0 Å². The largest absolute Gasteiger partial charge is 0.331 e. The number of allylic oxidation sites excluding steroid dienone is 1. The van der Waals surface area contributed by atoms with Crippen LogP contribution in [0.1, 0.15) is 36.2 Å². The van der Waals surface area contributed by atoms with Gasteiger partial charge in [0, 0.05) is 22.6 Å². The first-order chi connectivity index (χ1) is 11.5. The van der Waals surface area contributed by atoms with Gasteiger partial charge in [0.15, 0.2) is 0 Å². The molecule has 0 bridgehead atoms. The van der Waals surface area contributed by atoms with Crippen molar-refractivity contribution in [2.45, 2.75) is 32.9 Å². The lowest BCUT2D eigenvalue weighted by Crippen LogP contribution is -2.41. The Morgan fingerprint density at radius 1 is 1.17 bits per heavy atom. The molecule has 2 rings (SSSR count). The second-order valence-electron chi connectivity index (χ2n) is 6.17. The van der Waals surface area contributed by atoms with E-state index < -0.39 is 0 Å². The lowest BCUT2D eigenvalue weighted by molar-refractivity contribution is 0.0620. The lowest BCUT2D eigenvalue weighted by atomic mass is 9.97. The standard InChI is InChI=1S/C21H24BrNO/c1-4-9-16(2)17(3)23(15-18-10-8-13-20(22)14-18)21(24)19-11-6-5-7-12-19/h4-8,10-14,16-17H,1,9,15H2,2-3H3. The Hall–Kier alpha value is -1.87. The highest BCUT2D eigenvalue weighted by atomic mass is 79.9. The Balaban J connectivity index is 2.30. The highest BCUT2D eigenvalue weighted by Crippen LogP contribution is 2.22. The molecule has 0 N–H and O–H groups in total. The molecule has 2 aromatic rings. The van der Waals surface area contributed by atoms with Gasteiger partial charge in [0.1, 0.15) is 0 Å². The van der Waals surface area contributed by atoms with Crippen LogP contribution < -0.4 is 0 Å². The van der Waals surface area contributed by atoms with Crippen molar-refractivity contribution in [3.8, 4) is 0 Å². The third kappa shape index (κ3) is 4.81. The number of benzene rings is 2. The lowest BCUT2D eigenvalue weighted by Gasteiger charge is -2.33. The SMILES string of the molecule is C=CCC(C)C(C)N(Cc1cccc(Br)c1)C(=O)c1ccccc1. The van der Waals surface area contributed by atoms with Crippen molar-refractivity contribution in [1.29, 1.82) is 0 Å². The van der Waals surface area contributed by atoms with Crippen LogP contribution in [0.25, 0.3) is 0 Å². The summed E-state index contributed by atoms with van der Waals surface area (Å²) >= 11 is 3.51. The van der Waals surface area contributed by atoms with Crippen molar-refractivity contribution in [1.82, 2.24) is 4.90 Å². The van der Waals surface area contributed by atoms with Gasteiger partial charge in [0.05, 0.1) is 0 Å². The van der Waals surface area contributed by atoms with Gasteiger partial charge in [-0.3, -0.25) is 4.79 Å². The van der Waals surface area contributed by atoms with Crippen LogP contribution in [0, 0.1) is 5.92 Å². The van der Waals surface area contributed by atoms with Gasteiger partial charge < -0.3 is 4.90 Å².